The molecule has 2 aliphatic rings. The maximum Gasteiger partial charge on any atom is 0.252 e. The maximum absolute atomic E-state index is 13.1. The van der Waals surface area contributed by atoms with Crippen molar-refractivity contribution in [2.75, 3.05) is 0 Å². The lowest BCUT2D eigenvalue weighted by Gasteiger charge is -2.28. The van der Waals surface area contributed by atoms with E-state index >= 15 is 0 Å². The zero-order valence-corrected chi connectivity index (χ0v) is 17.1. The molecular formula is C22H29N3O3. The second-order valence-corrected chi connectivity index (χ2v) is 8.76. The predicted molar refractivity (Wildman–Crippen MR) is 105 cm³/mol. The van der Waals surface area contributed by atoms with Gasteiger partial charge >= 0.3 is 0 Å². The second-order valence-electron chi connectivity index (χ2n) is 8.76. The molecule has 1 heterocycles. The van der Waals surface area contributed by atoms with Gasteiger partial charge in [-0.05, 0) is 69.6 Å². The summed E-state index contributed by atoms with van der Waals surface area (Å²) in [6.07, 6.45) is 5.63. The summed E-state index contributed by atoms with van der Waals surface area (Å²) in [5.41, 5.74) is 1.16. The predicted octanol–water partition coefficient (Wildman–Crippen LogP) is 4.49. The lowest BCUT2D eigenvalue weighted by molar-refractivity contribution is 0.0889. The highest BCUT2D eigenvalue weighted by molar-refractivity contribution is 5.95. The molecule has 1 amide bonds. The molecule has 2 aliphatic carbocycles. The lowest BCUT2D eigenvalue weighted by Crippen LogP contribution is -2.44. The molecule has 4 rings (SSSR count). The van der Waals surface area contributed by atoms with Crippen LogP contribution in [0, 0.1) is 12.8 Å². The minimum atomic E-state index is -0.649. The summed E-state index contributed by atoms with van der Waals surface area (Å²) in [5, 5.41) is 7.27. The topological polar surface area (TPSA) is 77.2 Å². The molecule has 6 heteroatoms. The van der Waals surface area contributed by atoms with Crippen molar-refractivity contribution in [2.24, 2.45) is 5.92 Å². The van der Waals surface area contributed by atoms with Gasteiger partial charge in [-0.3, -0.25) is 4.79 Å². The number of nitrogens with one attached hydrogen (secondary N) is 1. The molecule has 1 N–H and O–H groups in total. The first-order valence-corrected chi connectivity index (χ1v) is 10.3. The first kappa shape index (κ1) is 19.0. The van der Waals surface area contributed by atoms with Crippen LogP contribution in [0.4, 0.5) is 0 Å². The van der Waals surface area contributed by atoms with Gasteiger partial charge in [0.2, 0.25) is 5.89 Å². The van der Waals surface area contributed by atoms with E-state index in [1.165, 1.54) is 31.2 Å². The second kappa shape index (κ2) is 7.22. The number of nitrogens with zero attached hydrogens (tertiary/aromatic N) is 2. The Labute approximate surface area is 166 Å². The van der Waals surface area contributed by atoms with E-state index in [-0.39, 0.29) is 12.0 Å². The maximum atomic E-state index is 13.1. The van der Waals surface area contributed by atoms with Gasteiger partial charge < -0.3 is 14.6 Å². The molecule has 0 bridgehead atoms. The fourth-order valence-corrected chi connectivity index (χ4v) is 3.71. The summed E-state index contributed by atoms with van der Waals surface area (Å²) in [5.74, 6) is 2.90. The Bertz CT molecular complexity index is 868. The summed E-state index contributed by atoms with van der Waals surface area (Å²) in [7, 11) is 0. The Hall–Kier alpha value is -2.37. The summed E-state index contributed by atoms with van der Waals surface area (Å²) in [6, 6.07) is 5.82. The largest absolute Gasteiger partial charge is 0.491 e. The highest BCUT2D eigenvalue weighted by atomic mass is 16.5. The number of carbonyl (C=O) groups excluding carboxylic acids is 1. The standard InChI is InChI=1S/C22H29N3O3/c1-13(2)27-19-11-17(9-10-18(19)16-7-8-16)20(26)24-22(4,12-15-5-6-15)21-23-14(3)28-25-21/h9-11,13,15-16H,5-8,12H2,1-4H3,(H,24,26). The quantitative estimate of drug-likeness (QED) is 0.727. The molecule has 0 aliphatic heterocycles. The third kappa shape index (κ3) is 4.21. The molecule has 28 heavy (non-hydrogen) atoms. The highest BCUT2D eigenvalue weighted by Crippen LogP contribution is 2.45. The van der Waals surface area contributed by atoms with Crippen LogP contribution in [-0.4, -0.2) is 22.2 Å². The van der Waals surface area contributed by atoms with Crippen molar-refractivity contribution in [3.8, 4) is 5.75 Å². The average molecular weight is 383 g/mol. The average Bonchev–Trinajstić information content (AvgIpc) is 3.55. The van der Waals surface area contributed by atoms with Crippen LogP contribution in [0.5, 0.6) is 5.75 Å². The van der Waals surface area contributed by atoms with Gasteiger partial charge in [-0.2, -0.15) is 4.98 Å². The summed E-state index contributed by atoms with van der Waals surface area (Å²) in [4.78, 5) is 17.5. The lowest BCUT2D eigenvalue weighted by atomic mass is 9.93. The fourth-order valence-electron chi connectivity index (χ4n) is 3.71. The first-order chi connectivity index (χ1) is 13.3. The van der Waals surface area contributed by atoms with Crippen molar-refractivity contribution in [2.45, 2.75) is 77.4 Å². The third-order valence-corrected chi connectivity index (χ3v) is 5.46. The van der Waals surface area contributed by atoms with Gasteiger partial charge in [-0.25, -0.2) is 0 Å². The van der Waals surface area contributed by atoms with E-state index in [0.717, 1.165) is 12.2 Å². The molecule has 0 saturated heterocycles. The highest BCUT2D eigenvalue weighted by Gasteiger charge is 2.39. The number of amides is 1. The van der Waals surface area contributed by atoms with Gasteiger partial charge in [0.05, 0.1) is 6.10 Å². The van der Waals surface area contributed by atoms with Gasteiger partial charge in [-0.1, -0.05) is 24.1 Å². The minimum absolute atomic E-state index is 0.0678. The van der Waals surface area contributed by atoms with Crippen molar-refractivity contribution in [3.05, 3.63) is 41.0 Å². The number of benzene rings is 1. The molecule has 0 spiro atoms. The SMILES string of the molecule is Cc1nc(C(C)(CC2CC2)NC(=O)c2ccc(C3CC3)c(OC(C)C)c2)no1. The van der Waals surface area contributed by atoms with E-state index in [2.05, 4.69) is 15.5 Å². The van der Waals surface area contributed by atoms with E-state index in [4.69, 9.17) is 9.26 Å². The van der Waals surface area contributed by atoms with Crippen LogP contribution in [0.15, 0.2) is 22.7 Å². The van der Waals surface area contributed by atoms with Crippen molar-refractivity contribution < 1.29 is 14.1 Å². The van der Waals surface area contributed by atoms with Crippen molar-refractivity contribution >= 4 is 5.91 Å². The normalized spacial score (nSPS) is 18.8. The molecule has 2 aromatic rings. The van der Waals surface area contributed by atoms with E-state index in [0.29, 0.717) is 29.1 Å². The smallest absolute Gasteiger partial charge is 0.252 e. The number of hydrogen-bond donors (Lipinski definition) is 1. The Balaban J connectivity index is 1.58. The minimum Gasteiger partial charge on any atom is -0.491 e. The van der Waals surface area contributed by atoms with Gasteiger partial charge in [0.25, 0.3) is 5.91 Å². The van der Waals surface area contributed by atoms with E-state index in [9.17, 15) is 4.79 Å². The Kier molecular flexibility index (Phi) is 4.89. The molecule has 6 nitrogen and oxygen atoms in total. The molecule has 2 fully saturated rings. The van der Waals surface area contributed by atoms with Crippen LogP contribution >= 0.6 is 0 Å². The zero-order chi connectivity index (χ0) is 19.9. The van der Waals surface area contributed by atoms with Crippen LogP contribution in [0.3, 0.4) is 0 Å². The van der Waals surface area contributed by atoms with Crippen LogP contribution in [0.2, 0.25) is 0 Å². The van der Waals surface area contributed by atoms with Crippen LogP contribution in [-0.2, 0) is 5.54 Å². The van der Waals surface area contributed by atoms with E-state index in [1.807, 2.05) is 39.0 Å². The van der Waals surface area contributed by atoms with Crippen LogP contribution in [0.1, 0.15) is 86.4 Å². The molecule has 0 radical (unpaired) electrons. The Morgan fingerprint density at radius 3 is 2.64 bits per heavy atom. The first-order valence-electron chi connectivity index (χ1n) is 10.3. The number of aromatic nitrogens is 2. The third-order valence-electron chi connectivity index (χ3n) is 5.46. The Morgan fingerprint density at radius 1 is 1.32 bits per heavy atom. The van der Waals surface area contributed by atoms with Crippen molar-refractivity contribution in [3.63, 3.8) is 0 Å². The number of aryl methyl sites for hydroxylation is 1. The van der Waals surface area contributed by atoms with E-state index < -0.39 is 5.54 Å². The van der Waals surface area contributed by atoms with Gasteiger partial charge in [0, 0.05) is 12.5 Å². The van der Waals surface area contributed by atoms with Crippen molar-refractivity contribution in [1.29, 1.82) is 0 Å². The summed E-state index contributed by atoms with van der Waals surface area (Å²) in [6.45, 7) is 7.77. The number of ether oxygens (including phenoxy) is 1. The fraction of sp³-hybridized carbons (Fsp3) is 0.591. The van der Waals surface area contributed by atoms with Crippen LogP contribution < -0.4 is 10.1 Å². The monoisotopic (exact) mass is 383 g/mol. The van der Waals surface area contributed by atoms with Crippen molar-refractivity contribution in [1.82, 2.24) is 15.5 Å². The molecule has 1 atom stereocenters. The van der Waals surface area contributed by atoms with Gasteiger partial charge in [0.1, 0.15) is 11.3 Å². The molecular weight excluding hydrogens is 354 g/mol. The number of rotatable bonds is 8. The molecule has 1 unspecified atom stereocenters. The number of hydrogen-bond acceptors (Lipinski definition) is 5. The molecule has 2 saturated carbocycles. The molecule has 1 aromatic carbocycles. The van der Waals surface area contributed by atoms with E-state index in [1.54, 1.807) is 6.92 Å². The zero-order valence-electron chi connectivity index (χ0n) is 17.1. The number of carbonyl (C=O) groups is 1. The van der Waals surface area contributed by atoms with Gasteiger partial charge in [0.15, 0.2) is 5.82 Å². The Morgan fingerprint density at radius 2 is 2.07 bits per heavy atom. The summed E-state index contributed by atoms with van der Waals surface area (Å²) < 4.78 is 11.2. The summed E-state index contributed by atoms with van der Waals surface area (Å²) >= 11 is 0. The van der Waals surface area contributed by atoms with Crippen LogP contribution in [0.25, 0.3) is 0 Å². The molecule has 1 aromatic heterocycles. The molecule has 150 valence electrons. The van der Waals surface area contributed by atoms with Gasteiger partial charge in [-0.15, -0.1) is 0 Å².